The van der Waals surface area contributed by atoms with Gasteiger partial charge in [0.2, 0.25) is 10.0 Å². The number of fused-ring (bicyclic) bond motifs is 1. The molecular formula is C13H15ClF3N3O2S. The standard InChI is InChI=1S/C13H15ClF3N3O2S/c14-9-7-11-10(6-8(9)13(15,16)17)19-12(20-11)4-2-1-3-5-23(18,21)22/h6-7H,1-5H2,(H,19,20)(H2,18,21,22). The maximum Gasteiger partial charge on any atom is 0.417 e. The zero-order chi connectivity index (χ0) is 17.3. The molecule has 0 aliphatic carbocycles. The Morgan fingerprint density at radius 1 is 1.22 bits per heavy atom. The Morgan fingerprint density at radius 3 is 2.52 bits per heavy atom. The molecule has 3 N–H and O–H groups in total. The van der Waals surface area contributed by atoms with Crippen LogP contribution in [0.3, 0.4) is 0 Å². The molecule has 0 aliphatic rings. The molecule has 1 heterocycles. The number of alkyl halides is 3. The molecule has 23 heavy (non-hydrogen) atoms. The van der Waals surface area contributed by atoms with Gasteiger partial charge in [-0.25, -0.2) is 18.5 Å². The van der Waals surface area contributed by atoms with Gasteiger partial charge in [0.1, 0.15) is 5.82 Å². The monoisotopic (exact) mass is 369 g/mol. The number of sulfonamides is 1. The van der Waals surface area contributed by atoms with Crippen LogP contribution in [-0.2, 0) is 22.6 Å². The number of primary sulfonamides is 1. The molecule has 2 aromatic rings. The second-order valence-electron chi connectivity index (χ2n) is 5.21. The predicted molar refractivity (Wildman–Crippen MR) is 81.6 cm³/mol. The van der Waals surface area contributed by atoms with Crippen LogP contribution in [0, 0.1) is 0 Å². The number of hydrogen-bond acceptors (Lipinski definition) is 3. The number of imidazole rings is 1. The third-order valence-electron chi connectivity index (χ3n) is 3.27. The topological polar surface area (TPSA) is 88.8 Å². The SMILES string of the molecule is NS(=O)(=O)CCCCCc1nc2cc(Cl)c(C(F)(F)F)cc2[nH]1. The van der Waals surface area contributed by atoms with Crippen LogP contribution in [0.1, 0.15) is 30.7 Å². The summed E-state index contributed by atoms with van der Waals surface area (Å²) in [6, 6.07) is 2.12. The Kier molecular flexibility index (Phi) is 5.22. The number of rotatable bonds is 6. The number of aromatic amines is 1. The van der Waals surface area contributed by atoms with Gasteiger partial charge in [-0.15, -0.1) is 0 Å². The lowest BCUT2D eigenvalue weighted by Gasteiger charge is -2.07. The van der Waals surface area contributed by atoms with Crippen LogP contribution < -0.4 is 5.14 Å². The van der Waals surface area contributed by atoms with Crippen LogP contribution in [-0.4, -0.2) is 24.1 Å². The molecule has 2 rings (SSSR count). The van der Waals surface area contributed by atoms with Crippen LogP contribution >= 0.6 is 11.6 Å². The molecule has 0 bridgehead atoms. The van der Waals surface area contributed by atoms with E-state index in [1.807, 2.05) is 0 Å². The quantitative estimate of drug-likeness (QED) is 0.766. The second-order valence-corrected chi connectivity index (χ2v) is 7.35. The van der Waals surface area contributed by atoms with E-state index in [-0.39, 0.29) is 11.3 Å². The fraction of sp³-hybridized carbons (Fsp3) is 0.462. The van der Waals surface area contributed by atoms with Crippen molar-refractivity contribution in [1.82, 2.24) is 9.97 Å². The van der Waals surface area contributed by atoms with E-state index in [0.717, 1.165) is 6.07 Å². The molecule has 1 aromatic heterocycles. The van der Waals surface area contributed by atoms with E-state index < -0.39 is 26.8 Å². The summed E-state index contributed by atoms with van der Waals surface area (Å²) in [7, 11) is -3.46. The van der Waals surface area contributed by atoms with Gasteiger partial charge in [-0.05, 0) is 25.0 Å². The van der Waals surface area contributed by atoms with Crippen molar-refractivity contribution in [3.05, 3.63) is 28.5 Å². The summed E-state index contributed by atoms with van der Waals surface area (Å²) < 4.78 is 59.9. The highest BCUT2D eigenvalue weighted by Gasteiger charge is 2.33. The average Bonchev–Trinajstić information content (AvgIpc) is 2.76. The lowest BCUT2D eigenvalue weighted by molar-refractivity contribution is -0.137. The van der Waals surface area contributed by atoms with Crippen LogP contribution in [0.5, 0.6) is 0 Å². The van der Waals surface area contributed by atoms with Crippen molar-refractivity contribution in [3.8, 4) is 0 Å². The number of aromatic nitrogens is 2. The number of benzene rings is 1. The highest BCUT2D eigenvalue weighted by atomic mass is 35.5. The van der Waals surface area contributed by atoms with Crippen molar-refractivity contribution in [2.24, 2.45) is 5.14 Å². The smallest absolute Gasteiger partial charge is 0.342 e. The summed E-state index contributed by atoms with van der Waals surface area (Å²) in [5, 5.41) is 4.50. The molecule has 0 amide bonds. The van der Waals surface area contributed by atoms with Crippen LogP contribution in [0.25, 0.3) is 11.0 Å². The maximum atomic E-state index is 12.8. The summed E-state index contributed by atoms with van der Waals surface area (Å²) in [6.45, 7) is 0. The molecule has 0 unspecified atom stereocenters. The van der Waals surface area contributed by atoms with Gasteiger partial charge < -0.3 is 4.98 Å². The number of halogens is 4. The highest BCUT2D eigenvalue weighted by Crippen LogP contribution is 2.36. The lowest BCUT2D eigenvalue weighted by atomic mass is 10.2. The summed E-state index contributed by atoms with van der Waals surface area (Å²) in [4.78, 5) is 7.02. The minimum Gasteiger partial charge on any atom is -0.342 e. The van der Waals surface area contributed by atoms with Gasteiger partial charge in [0.15, 0.2) is 0 Å². The van der Waals surface area contributed by atoms with Crippen LogP contribution in [0.2, 0.25) is 5.02 Å². The molecule has 0 saturated heterocycles. The number of nitrogens with one attached hydrogen (secondary N) is 1. The summed E-state index contributed by atoms with van der Waals surface area (Å²) in [6.07, 6.45) is -2.32. The Balaban J connectivity index is 2.03. The normalized spacial score (nSPS) is 12.9. The molecule has 5 nitrogen and oxygen atoms in total. The van der Waals surface area contributed by atoms with Gasteiger partial charge in [-0.2, -0.15) is 13.2 Å². The first kappa shape index (κ1) is 18.0. The van der Waals surface area contributed by atoms with Gasteiger partial charge in [0.25, 0.3) is 0 Å². The zero-order valence-corrected chi connectivity index (χ0v) is 13.5. The molecule has 0 atom stereocenters. The number of H-pyrrole nitrogens is 1. The minimum atomic E-state index is -4.52. The number of hydrogen-bond donors (Lipinski definition) is 2. The Labute approximate surface area is 136 Å². The second kappa shape index (κ2) is 6.66. The van der Waals surface area contributed by atoms with Crippen molar-refractivity contribution in [2.45, 2.75) is 31.9 Å². The summed E-state index contributed by atoms with van der Waals surface area (Å²) in [5.74, 6) is 0.448. The van der Waals surface area contributed by atoms with E-state index in [1.54, 1.807) is 0 Å². The van der Waals surface area contributed by atoms with Crippen molar-refractivity contribution >= 4 is 32.7 Å². The number of nitrogens with two attached hydrogens (primary N) is 1. The van der Waals surface area contributed by atoms with E-state index in [0.29, 0.717) is 37.0 Å². The number of unbranched alkanes of at least 4 members (excludes halogenated alkanes) is 2. The average molecular weight is 370 g/mol. The molecule has 10 heteroatoms. The number of nitrogens with zero attached hydrogens (tertiary/aromatic N) is 1. The van der Waals surface area contributed by atoms with Crippen molar-refractivity contribution in [2.75, 3.05) is 5.75 Å². The molecule has 0 radical (unpaired) electrons. The Hall–Kier alpha value is -1.32. The first-order valence-electron chi connectivity index (χ1n) is 6.82. The summed E-state index contributed by atoms with van der Waals surface area (Å²) in [5.41, 5.74) is -0.279. The van der Waals surface area contributed by atoms with E-state index >= 15 is 0 Å². The molecular weight excluding hydrogens is 355 g/mol. The van der Waals surface area contributed by atoms with Crippen molar-refractivity contribution in [1.29, 1.82) is 0 Å². The van der Waals surface area contributed by atoms with E-state index in [1.165, 1.54) is 6.07 Å². The molecule has 0 spiro atoms. The molecule has 0 fully saturated rings. The molecule has 0 saturated carbocycles. The Morgan fingerprint density at radius 2 is 1.91 bits per heavy atom. The highest BCUT2D eigenvalue weighted by molar-refractivity contribution is 7.89. The maximum absolute atomic E-state index is 12.8. The Bertz CT molecular complexity index is 803. The van der Waals surface area contributed by atoms with E-state index in [4.69, 9.17) is 16.7 Å². The third-order valence-corrected chi connectivity index (χ3v) is 4.44. The van der Waals surface area contributed by atoms with Crippen molar-refractivity contribution in [3.63, 3.8) is 0 Å². The molecule has 1 aromatic carbocycles. The summed E-state index contributed by atoms with van der Waals surface area (Å²) >= 11 is 5.64. The first-order valence-corrected chi connectivity index (χ1v) is 8.91. The largest absolute Gasteiger partial charge is 0.417 e. The van der Waals surface area contributed by atoms with Gasteiger partial charge in [-0.3, -0.25) is 0 Å². The molecule has 0 aliphatic heterocycles. The zero-order valence-electron chi connectivity index (χ0n) is 12.0. The van der Waals surface area contributed by atoms with Gasteiger partial charge >= 0.3 is 6.18 Å². The minimum absolute atomic E-state index is 0.0856. The number of aryl methyl sites for hydroxylation is 1. The van der Waals surface area contributed by atoms with E-state index in [9.17, 15) is 21.6 Å². The van der Waals surface area contributed by atoms with Gasteiger partial charge in [-0.1, -0.05) is 18.0 Å². The first-order chi connectivity index (χ1) is 10.6. The fourth-order valence-electron chi connectivity index (χ4n) is 2.19. The third kappa shape index (κ3) is 5.08. The van der Waals surface area contributed by atoms with Crippen LogP contribution in [0.15, 0.2) is 12.1 Å². The fourth-order valence-corrected chi connectivity index (χ4v) is 3.06. The van der Waals surface area contributed by atoms with Gasteiger partial charge in [0, 0.05) is 6.42 Å². The van der Waals surface area contributed by atoms with Gasteiger partial charge in [0.05, 0.1) is 27.4 Å². The molecule has 128 valence electrons. The van der Waals surface area contributed by atoms with Crippen molar-refractivity contribution < 1.29 is 21.6 Å². The predicted octanol–water partition coefficient (Wildman–Crippen LogP) is 3.24. The van der Waals surface area contributed by atoms with E-state index in [2.05, 4.69) is 9.97 Å². The van der Waals surface area contributed by atoms with Crippen LogP contribution in [0.4, 0.5) is 13.2 Å². The lowest BCUT2D eigenvalue weighted by Crippen LogP contribution is -2.16.